The molecule has 1 fully saturated rings. The Kier molecular flexibility index (Phi) is 5.57. The third-order valence-corrected chi connectivity index (χ3v) is 2.33. The molecule has 0 N–H and O–H groups in total. The fraction of sp³-hybridized carbons (Fsp3) is 1.00. The zero-order valence-electron chi connectivity index (χ0n) is 10.1. The van der Waals surface area contributed by atoms with Crippen LogP contribution in [0.3, 0.4) is 0 Å². The maximum Gasteiger partial charge on any atom is 0.0645 e. The summed E-state index contributed by atoms with van der Waals surface area (Å²) in [5, 5.41) is 0. The van der Waals surface area contributed by atoms with Crippen molar-refractivity contribution in [1.29, 1.82) is 0 Å². The van der Waals surface area contributed by atoms with E-state index in [9.17, 15) is 0 Å². The first-order valence-corrected chi connectivity index (χ1v) is 5.38. The van der Waals surface area contributed by atoms with Crippen LogP contribution in [0.15, 0.2) is 0 Å². The van der Waals surface area contributed by atoms with E-state index in [1.165, 1.54) is 0 Å². The normalized spacial score (nSPS) is 22.4. The van der Waals surface area contributed by atoms with Crippen molar-refractivity contribution in [3.05, 3.63) is 0 Å². The van der Waals surface area contributed by atoms with Gasteiger partial charge < -0.3 is 4.74 Å². The third-order valence-electron chi connectivity index (χ3n) is 2.33. The molecule has 0 aromatic heterocycles. The number of hydrogen-bond donors (Lipinski definition) is 0. The van der Waals surface area contributed by atoms with Crippen molar-refractivity contribution in [2.75, 3.05) is 19.8 Å². The van der Waals surface area contributed by atoms with Gasteiger partial charge in [-0.25, -0.2) is 0 Å². The summed E-state index contributed by atoms with van der Waals surface area (Å²) in [6.45, 7) is 15.8. The van der Waals surface area contributed by atoms with Gasteiger partial charge in [-0.1, -0.05) is 13.8 Å². The van der Waals surface area contributed by atoms with Crippen LogP contribution in [0.4, 0.5) is 0 Å². The van der Waals surface area contributed by atoms with E-state index in [1.807, 2.05) is 13.8 Å². The Hall–Kier alpha value is -0.0800. The Morgan fingerprint density at radius 3 is 2.08 bits per heavy atom. The molecule has 13 heavy (non-hydrogen) atoms. The molecule has 0 aromatic carbocycles. The highest BCUT2D eigenvalue weighted by atomic mass is 16.5. The largest absolute Gasteiger partial charge is 0.378 e. The first-order valence-electron chi connectivity index (χ1n) is 5.38. The number of rotatable bonds is 1. The Morgan fingerprint density at radius 1 is 1.23 bits per heavy atom. The van der Waals surface area contributed by atoms with E-state index in [4.69, 9.17) is 4.74 Å². The van der Waals surface area contributed by atoms with Crippen molar-refractivity contribution in [1.82, 2.24) is 4.90 Å². The van der Waals surface area contributed by atoms with Crippen molar-refractivity contribution < 1.29 is 4.74 Å². The lowest BCUT2D eigenvalue weighted by Gasteiger charge is -2.44. The number of ether oxygens (including phenoxy) is 1. The minimum atomic E-state index is 0.229. The van der Waals surface area contributed by atoms with Crippen LogP contribution in [0.25, 0.3) is 0 Å². The van der Waals surface area contributed by atoms with Gasteiger partial charge in [-0.3, -0.25) is 4.90 Å². The van der Waals surface area contributed by atoms with Crippen LogP contribution < -0.4 is 0 Å². The lowest BCUT2D eigenvalue weighted by atomic mass is 10.0. The summed E-state index contributed by atoms with van der Waals surface area (Å²) in [6.07, 6.45) is 0. The summed E-state index contributed by atoms with van der Waals surface area (Å²) in [5.41, 5.74) is 0.229. The van der Waals surface area contributed by atoms with Crippen LogP contribution in [0.5, 0.6) is 0 Å². The highest BCUT2D eigenvalue weighted by Crippen LogP contribution is 2.20. The van der Waals surface area contributed by atoms with Gasteiger partial charge in [0.2, 0.25) is 0 Å². The van der Waals surface area contributed by atoms with E-state index in [0.717, 1.165) is 19.8 Å². The number of morpholine rings is 1. The predicted molar refractivity (Wildman–Crippen MR) is 58.1 cm³/mol. The highest BCUT2D eigenvalue weighted by molar-refractivity contribution is 4.86. The molecule has 1 rings (SSSR count). The molecule has 0 spiro atoms. The number of hydrogen-bond acceptors (Lipinski definition) is 2. The molecule has 0 saturated carbocycles. The molecule has 2 nitrogen and oxygen atoms in total. The summed E-state index contributed by atoms with van der Waals surface area (Å²) in [5.74, 6) is 0. The molecule has 0 bridgehead atoms. The van der Waals surface area contributed by atoms with Gasteiger partial charge in [0, 0.05) is 18.1 Å². The molecular formula is C11H25NO. The van der Waals surface area contributed by atoms with E-state index in [0.29, 0.717) is 6.04 Å². The Balaban J connectivity index is 0.000000671. The van der Waals surface area contributed by atoms with Gasteiger partial charge in [0.25, 0.3) is 0 Å². The van der Waals surface area contributed by atoms with Crippen LogP contribution in [0.1, 0.15) is 41.5 Å². The molecule has 1 heterocycles. The van der Waals surface area contributed by atoms with E-state index in [2.05, 4.69) is 32.6 Å². The minimum Gasteiger partial charge on any atom is -0.378 e. The average Bonchev–Trinajstić information content (AvgIpc) is 2.06. The van der Waals surface area contributed by atoms with Gasteiger partial charge in [-0.05, 0) is 27.7 Å². The standard InChI is InChI=1S/C9H19NO.C2H6/c1-8(2)10-5-6-11-7-9(10,3)4;1-2/h8H,5-7H2,1-4H3;1-2H3. The molecule has 1 aliphatic rings. The molecule has 0 radical (unpaired) electrons. The molecule has 2 heteroatoms. The zero-order chi connectivity index (χ0) is 10.5. The lowest BCUT2D eigenvalue weighted by Crippen LogP contribution is -2.55. The lowest BCUT2D eigenvalue weighted by molar-refractivity contribution is -0.0654. The van der Waals surface area contributed by atoms with Crippen LogP contribution in [-0.4, -0.2) is 36.2 Å². The molecule has 0 atom stereocenters. The summed E-state index contributed by atoms with van der Waals surface area (Å²) >= 11 is 0. The minimum absolute atomic E-state index is 0.229. The second-order valence-corrected chi connectivity index (χ2v) is 4.15. The molecule has 0 aliphatic carbocycles. The van der Waals surface area contributed by atoms with Crippen LogP contribution in [0.2, 0.25) is 0 Å². The highest BCUT2D eigenvalue weighted by Gasteiger charge is 2.31. The smallest absolute Gasteiger partial charge is 0.0645 e. The van der Waals surface area contributed by atoms with E-state index in [-0.39, 0.29) is 5.54 Å². The summed E-state index contributed by atoms with van der Waals surface area (Å²) < 4.78 is 5.42. The van der Waals surface area contributed by atoms with Crippen molar-refractivity contribution >= 4 is 0 Å². The fourth-order valence-corrected chi connectivity index (χ4v) is 1.83. The van der Waals surface area contributed by atoms with Gasteiger partial charge in [0.05, 0.1) is 13.2 Å². The topological polar surface area (TPSA) is 12.5 Å². The Labute approximate surface area is 83.3 Å². The van der Waals surface area contributed by atoms with Crippen LogP contribution in [0, 0.1) is 0 Å². The quantitative estimate of drug-likeness (QED) is 0.625. The van der Waals surface area contributed by atoms with E-state index >= 15 is 0 Å². The SMILES string of the molecule is CC.CC(C)N1CCOCC1(C)C. The van der Waals surface area contributed by atoms with Crippen molar-refractivity contribution in [3.8, 4) is 0 Å². The second-order valence-electron chi connectivity index (χ2n) is 4.15. The first kappa shape index (κ1) is 12.9. The third kappa shape index (κ3) is 3.65. The van der Waals surface area contributed by atoms with Crippen LogP contribution in [-0.2, 0) is 4.74 Å². The van der Waals surface area contributed by atoms with Crippen LogP contribution >= 0.6 is 0 Å². The predicted octanol–water partition coefficient (Wildman–Crippen LogP) is 2.53. The molecule has 0 amide bonds. The van der Waals surface area contributed by atoms with E-state index < -0.39 is 0 Å². The van der Waals surface area contributed by atoms with Gasteiger partial charge in [-0.2, -0.15) is 0 Å². The Morgan fingerprint density at radius 2 is 1.77 bits per heavy atom. The zero-order valence-corrected chi connectivity index (χ0v) is 10.1. The second kappa shape index (κ2) is 5.61. The maximum absolute atomic E-state index is 5.42. The van der Waals surface area contributed by atoms with Gasteiger partial charge in [0.1, 0.15) is 0 Å². The summed E-state index contributed by atoms with van der Waals surface area (Å²) in [7, 11) is 0. The molecular weight excluding hydrogens is 162 g/mol. The maximum atomic E-state index is 5.42. The molecule has 0 aromatic rings. The molecule has 1 aliphatic heterocycles. The molecule has 0 unspecified atom stereocenters. The van der Waals surface area contributed by atoms with Gasteiger partial charge >= 0.3 is 0 Å². The summed E-state index contributed by atoms with van der Waals surface area (Å²) in [6, 6.07) is 0.633. The Bertz CT molecular complexity index is 132. The van der Waals surface area contributed by atoms with E-state index in [1.54, 1.807) is 0 Å². The van der Waals surface area contributed by atoms with Gasteiger partial charge in [0.15, 0.2) is 0 Å². The monoisotopic (exact) mass is 187 g/mol. The van der Waals surface area contributed by atoms with Gasteiger partial charge in [-0.15, -0.1) is 0 Å². The first-order chi connectivity index (χ1) is 6.04. The molecule has 1 saturated heterocycles. The van der Waals surface area contributed by atoms with Crippen molar-refractivity contribution in [2.45, 2.75) is 53.1 Å². The van der Waals surface area contributed by atoms with Crippen molar-refractivity contribution in [2.24, 2.45) is 0 Å². The fourth-order valence-electron chi connectivity index (χ4n) is 1.83. The van der Waals surface area contributed by atoms with Crippen molar-refractivity contribution in [3.63, 3.8) is 0 Å². The average molecular weight is 187 g/mol. The summed E-state index contributed by atoms with van der Waals surface area (Å²) in [4.78, 5) is 2.50. The number of nitrogens with zero attached hydrogens (tertiary/aromatic N) is 1. The molecule has 80 valence electrons.